The zero-order chi connectivity index (χ0) is 16.1. The summed E-state index contributed by atoms with van der Waals surface area (Å²) < 4.78 is 11.6. The first-order valence-electron chi connectivity index (χ1n) is 7.18. The molecule has 0 aliphatic heterocycles. The molecular formula is C16H20ClNO3S. The van der Waals surface area contributed by atoms with Gasteiger partial charge in [-0.25, -0.2) is 0 Å². The molecular weight excluding hydrogens is 322 g/mol. The van der Waals surface area contributed by atoms with Gasteiger partial charge >= 0.3 is 0 Å². The van der Waals surface area contributed by atoms with Gasteiger partial charge in [0, 0.05) is 23.2 Å². The fraction of sp³-hybridized carbons (Fsp3) is 0.438. The molecule has 0 bridgehead atoms. The maximum atomic E-state index is 12.2. The number of halogens is 1. The van der Waals surface area contributed by atoms with Gasteiger partial charge in [-0.1, -0.05) is 11.6 Å². The average Bonchev–Trinajstić information content (AvgIpc) is 2.83. The number of amides is 1. The number of nitrogens with one attached hydrogen (secondary N) is 1. The molecule has 1 aromatic heterocycles. The molecule has 2 aromatic rings. The topological polar surface area (TPSA) is 47.6 Å². The van der Waals surface area contributed by atoms with E-state index < -0.39 is 0 Å². The minimum absolute atomic E-state index is 0.144. The SMILES string of the molecule is COc1ccc2sc(C(=O)NCCCOC(C)C)c(Cl)c2c1. The van der Waals surface area contributed by atoms with Crippen LogP contribution in [0.4, 0.5) is 0 Å². The van der Waals surface area contributed by atoms with Gasteiger partial charge in [-0.15, -0.1) is 11.3 Å². The smallest absolute Gasteiger partial charge is 0.262 e. The second-order valence-corrected chi connectivity index (χ2v) is 6.57. The van der Waals surface area contributed by atoms with E-state index in [4.69, 9.17) is 21.1 Å². The summed E-state index contributed by atoms with van der Waals surface area (Å²) in [6.07, 6.45) is 0.989. The summed E-state index contributed by atoms with van der Waals surface area (Å²) in [5.74, 6) is 0.583. The molecule has 2 rings (SSSR count). The third-order valence-corrected chi connectivity index (χ3v) is 4.77. The summed E-state index contributed by atoms with van der Waals surface area (Å²) in [5, 5.41) is 4.21. The summed E-state index contributed by atoms with van der Waals surface area (Å²) in [7, 11) is 1.61. The lowest BCUT2D eigenvalue weighted by molar-refractivity contribution is 0.0757. The van der Waals surface area contributed by atoms with Crippen molar-refractivity contribution >= 4 is 38.9 Å². The van der Waals surface area contributed by atoms with Gasteiger partial charge in [0.2, 0.25) is 0 Å². The summed E-state index contributed by atoms with van der Waals surface area (Å²) in [6, 6.07) is 5.62. The second-order valence-electron chi connectivity index (χ2n) is 5.14. The molecule has 6 heteroatoms. The molecule has 22 heavy (non-hydrogen) atoms. The van der Waals surface area contributed by atoms with Crippen LogP contribution in [-0.4, -0.2) is 32.3 Å². The van der Waals surface area contributed by atoms with Crippen molar-refractivity contribution in [3.63, 3.8) is 0 Å². The normalized spacial score (nSPS) is 11.1. The number of rotatable bonds is 7. The highest BCUT2D eigenvalue weighted by atomic mass is 35.5. The Kier molecular flexibility index (Phi) is 6.06. The number of fused-ring (bicyclic) bond motifs is 1. The highest BCUT2D eigenvalue weighted by molar-refractivity contribution is 7.21. The Bertz CT molecular complexity index is 654. The van der Waals surface area contributed by atoms with E-state index in [9.17, 15) is 4.79 Å². The predicted molar refractivity (Wildman–Crippen MR) is 91.4 cm³/mol. The minimum Gasteiger partial charge on any atom is -0.497 e. The van der Waals surface area contributed by atoms with Crippen molar-refractivity contribution in [2.75, 3.05) is 20.3 Å². The van der Waals surface area contributed by atoms with E-state index in [1.807, 2.05) is 32.0 Å². The van der Waals surface area contributed by atoms with Gasteiger partial charge in [-0.3, -0.25) is 4.79 Å². The van der Waals surface area contributed by atoms with E-state index in [1.54, 1.807) is 7.11 Å². The molecule has 1 aromatic carbocycles. The number of benzene rings is 1. The molecule has 0 saturated heterocycles. The number of carbonyl (C=O) groups excluding carboxylic acids is 1. The lowest BCUT2D eigenvalue weighted by atomic mass is 10.2. The Morgan fingerprint density at radius 3 is 2.86 bits per heavy atom. The number of hydrogen-bond donors (Lipinski definition) is 1. The predicted octanol–water partition coefficient (Wildman–Crippen LogP) is 4.11. The summed E-state index contributed by atoms with van der Waals surface area (Å²) in [5.41, 5.74) is 0. The first-order valence-corrected chi connectivity index (χ1v) is 8.38. The monoisotopic (exact) mass is 341 g/mol. The van der Waals surface area contributed by atoms with Crippen molar-refractivity contribution < 1.29 is 14.3 Å². The fourth-order valence-corrected chi connectivity index (χ4v) is 3.40. The van der Waals surface area contributed by atoms with Gasteiger partial charge in [0.1, 0.15) is 10.6 Å². The van der Waals surface area contributed by atoms with E-state index in [2.05, 4.69) is 5.32 Å². The van der Waals surface area contributed by atoms with E-state index in [0.717, 1.165) is 22.3 Å². The molecule has 0 saturated carbocycles. The molecule has 1 amide bonds. The van der Waals surface area contributed by atoms with Gasteiger partial charge in [0.15, 0.2) is 0 Å². The minimum atomic E-state index is -0.144. The Hall–Kier alpha value is -1.30. The molecule has 0 atom stereocenters. The van der Waals surface area contributed by atoms with E-state index in [-0.39, 0.29) is 12.0 Å². The fourth-order valence-electron chi connectivity index (χ4n) is 1.99. The number of ether oxygens (including phenoxy) is 2. The molecule has 0 aliphatic rings. The van der Waals surface area contributed by atoms with Crippen molar-refractivity contribution in [3.8, 4) is 5.75 Å². The Morgan fingerprint density at radius 1 is 1.41 bits per heavy atom. The largest absolute Gasteiger partial charge is 0.497 e. The van der Waals surface area contributed by atoms with Crippen LogP contribution in [0.2, 0.25) is 5.02 Å². The highest BCUT2D eigenvalue weighted by Crippen LogP contribution is 2.37. The molecule has 0 radical (unpaired) electrons. The van der Waals surface area contributed by atoms with Crippen molar-refractivity contribution in [1.29, 1.82) is 0 Å². The number of hydrogen-bond acceptors (Lipinski definition) is 4. The maximum absolute atomic E-state index is 12.2. The molecule has 1 N–H and O–H groups in total. The standard InChI is InChI=1S/C16H20ClNO3S/c1-10(2)21-8-4-7-18-16(19)15-14(17)12-9-11(20-3)5-6-13(12)22-15/h5-6,9-10H,4,7-8H2,1-3H3,(H,18,19). The van der Waals surface area contributed by atoms with Crippen molar-refractivity contribution in [2.45, 2.75) is 26.4 Å². The van der Waals surface area contributed by atoms with E-state index >= 15 is 0 Å². The second kappa shape index (κ2) is 7.81. The van der Waals surface area contributed by atoms with Gasteiger partial charge in [0.25, 0.3) is 5.91 Å². The first-order chi connectivity index (χ1) is 10.5. The van der Waals surface area contributed by atoms with E-state index in [1.165, 1.54) is 11.3 Å². The summed E-state index contributed by atoms with van der Waals surface area (Å²) in [6.45, 7) is 5.18. The van der Waals surface area contributed by atoms with Crippen molar-refractivity contribution in [2.24, 2.45) is 0 Å². The van der Waals surface area contributed by atoms with Gasteiger partial charge in [-0.2, -0.15) is 0 Å². The molecule has 0 fully saturated rings. The van der Waals surface area contributed by atoms with Crippen LogP contribution >= 0.6 is 22.9 Å². The van der Waals surface area contributed by atoms with Crippen molar-refractivity contribution in [3.05, 3.63) is 28.1 Å². The third-order valence-electron chi connectivity index (χ3n) is 3.10. The number of methoxy groups -OCH3 is 1. The van der Waals surface area contributed by atoms with Gasteiger partial charge < -0.3 is 14.8 Å². The zero-order valence-electron chi connectivity index (χ0n) is 12.9. The Balaban J connectivity index is 2.01. The van der Waals surface area contributed by atoms with Gasteiger partial charge in [-0.05, 0) is 38.5 Å². The Morgan fingerprint density at radius 2 is 2.18 bits per heavy atom. The zero-order valence-corrected chi connectivity index (χ0v) is 14.5. The maximum Gasteiger partial charge on any atom is 0.262 e. The van der Waals surface area contributed by atoms with Crippen LogP contribution in [0, 0.1) is 0 Å². The molecule has 120 valence electrons. The molecule has 0 spiro atoms. The molecule has 0 aliphatic carbocycles. The van der Waals surface area contributed by atoms with Gasteiger partial charge in [0.05, 0.1) is 18.2 Å². The highest BCUT2D eigenvalue weighted by Gasteiger charge is 2.17. The van der Waals surface area contributed by atoms with Crippen LogP contribution in [0.5, 0.6) is 5.75 Å². The van der Waals surface area contributed by atoms with Crippen LogP contribution in [0.15, 0.2) is 18.2 Å². The van der Waals surface area contributed by atoms with E-state index in [0.29, 0.717) is 23.1 Å². The van der Waals surface area contributed by atoms with Crippen LogP contribution in [0.25, 0.3) is 10.1 Å². The molecule has 1 heterocycles. The summed E-state index contributed by atoms with van der Waals surface area (Å²) in [4.78, 5) is 12.8. The average molecular weight is 342 g/mol. The van der Waals surface area contributed by atoms with Crippen LogP contribution in [-0.2, 0) is 4.74 Å². The molecule has 4 nitrogen and oxygen atoms in total. The van der Waals surface area contributed by atoms with Crippen molar-refractivity contribution in [1.82, 2.24) is 5.32 Å². The van der Waals surface area contributed by atoms with Crippen LogP contribution < -0.4 is 10.1 Å². The third kappa shape index (κ3) is 4.12. The van der Waals surface area contributed by atoms with Crippen LogP contribution in [0.3, 0.4) is 0 Å². The first kappa shape index (κ1) is 17.1. The number of thiophene rings is 1. The lowest BCUT2D eigenvalue weighted by Gasteiger charge is -2.07. The molecule has 0 unspecified atom stereocenters. The quantitative estimate of drug-likeness (QED) is 0.771. The number of carbonyl (C=O) groups is 1. The lowest BCUT2D eigenvalue weighted by Crippen LogP contribution is -2.25. The Labute approximate surface area is 139 Å². The van der Waals surface area contributed by atoms with Crippen LogP contribution in [0.1, 0.15) is 29.9 Å². The summed E-state index contributed by atoms with van der Waals surface area (Å²) >= 11 is 7.72.